The molecule has 0 bridgehead atoms. The second kappa shape index (κ2) is 14.6. The lowest BCUT2D eigenvalue weighted by Crippen LogP contribution is -2.53. The van der Waals surface area contributed by atoms with Crippen molar-refractivity contribution in [2.45, 2.75) is 51.2 Å². The summed E-state index contributed by atoms with van der Waals surface area (Å²) in [4.78, 5) is 54.0. The fourth-order valence-electron chi connectivity index (χ4n) is 4.46. The van der Waals surface area contributed by atoms with Gasteiger partial charge in [-0.05, 0) is 75.4 Å². The molecule has 0 spiro atoms. The maximum Gasteiger partial charge on any atom is 0.323 e. The highest BCUT2D eigenvalue weighted by Crippen LogP contribution is 2.30. The van der Waals surface area contributed by atoms with Gasteiger partial charge in [0.25, 0.3) is 0 Å². The van der Waals surface area contributed by atoms with Gasteiger partial charge in [-0.1, -0.05) is 18.2 Å². The fourth-order valence-corrected chi connectivity index (χ4v) is 5.65. The standard InChI is InChI=1S/C28H35Br2N5O5/c1-4-40-27(38)23-15-19(32-25(37)10-9-24(36)18-13-20(29)26(31)21(30)14-18)11-12-35(23)16-17-7-5-6-8-22(17)33-28(39)34(2)3/h5-8,13-14,19,23H,4,9-12,15-16,31H2,1-3H3,(H,32,37)(H,33,39). The highest BCUT2D eigenvalue weighted by atomic mass is 79.9. The van der Waals surface area contributed by atoms with Crippen molar-refractivity contribution in [1.82, 2.24) is 15.1 Å². The number of anilines is 2. The third-order valence-electron chi connectivity index (χ3n) is 6.66. The molecule has 3 amide bonds. The molecule has 1 aliphatic rings. The lowest BCUT2D eigenvalue weighted by Gasteiger charge is -2.38. The molecule has 2 aromatic carbocycles. The van der Waals surface area contributed by atoms with Gasteiger partial charge in [0.05, 0.1) is 12.3 Å². The number of rotatable bonds is 10. The van der Waals surface area contributed by atoms with Crippen LogP contribution in [0.15, 0.2) is 45.3 Å². The lowest BCUT2D eigenvalue weighted by atomic mass is 9.95. The van der Waals surface area contributed by atoms with E-state index in [1.807, 2.05) is 29.2 Å². The summed E-state index contributed by atoms with van der Waals surface area (Å²) >= 11 is 6.67. The molecule has 1 heterocycles. The first-order valence-corrected chi connectivity index (χ1v) is 14.6. The molecule has 0 aliphatic carbocycles. The highest BCUT2D eigenvalue weighted by Gasteiger charge is 2.35. The number of hydrogen-bond donors (Lipinski definition) is 3. The van der Waals surface area contributed by atoms with Crippen molar-refractivity contribution >= 4 is 66.9 Å². The molecule has 1 saturated heterocycles. The predicted octanol–water partition coefficient (Wildman–Crippen LogP) is 4.56. The number of nitrogens with zero attached hydrogens (tertiary/aromatic N) is 2. The number of carbonyl (C=O) groups is 4. The quantitative estimate of drug-likeness (QED) is 0.190. The van der Waals surface area contributed by atoms with Crippen molar-refractivity contribution in [2.75, 3.05) is 38.3 Å². The Morgan fingerprint density at radius 3 is 2.42 bits per heavy atom. The predicted molar refractivity (Wildman–Crippen MR) is 161 cm³/mol. The number of urea groups is 1. The van der Waals surface area contributed by atoms with Gasteiger partial charge in [0.15, 0.2) is 5.78 Å². The summed E-state index contributed by atoms with van der Waals surface area (Å²) in [5, 5.41) is 5.89. The molecule has 2 atom stereocenters. The maximum absolute atomic E-state index is 12.9. The van der Waals surface area contributed by atoms with Crippen LogP contribution in [0.4, 0.5) is 16.2 Å². The molecule has 3 rings (SSSR count). The molecule has 40 heavy (non-hydrogen) atoms. The smallest absolute Gasteiger partial charge is 0.323 e. The molecule has 0 aromatic heterocycles. The van der Waals surface area contributed by atoms with Gasteiger partial charge in [-0.2, -0.15) is 0 Å². The number of ketones is 1. The van der Waals surface area contributed by atoms with Gasteiger partial charge < -0.3 is 26.0 Å². The van der Waals surface area contributed by atoms with E-state index in [1.165, 1.54) is 4.90 Å². The first kappa shape index (κ1) is 31.6. The SMILES string of the molecule is CCOC(=O)C1CC(NC(=O)CCC(=O)c2cc(Br)c(N)c(Br)c2)CCN1Cc1ccccc1NC(=O)N(C)C. The first-order chi connectivity index (χ1) is 19.0. The van der Waals surface area contributed by atoms with Crippen LogP contribution in [0.5, 0.6) is 0 Å². The van der Waals surface area contributed by atoms with Gasteiger partial charge in [-0.3, -0.25) is 19.3 Å². The fraction of sp³-hybridized carbons (Fsp3) is 0.429. The number of hydrogen-bond acceptors (Lipinski definition) is 7. The summed E-state index contributed by atoms with van der Waals surface area (Å²) in [5.41, 5.74) is 8.39. The van der Waals surface area contributed by atoms with E-state index >= 15 is 0 Å². The minimum absolute atomic E-state index is 0.0294. The Morgan fingerprint density at radius 1 is 1.10 bits per heavy atom. The average molecular weight is 681 g/mol. The summed E-state index contributed by atoms with van der Waals surface area (Å²) in [7, 11) is 3.33. The van der Waals surface area contributed by atoms with Crippen LogP contribution in [0.25, 0.3) is 0 Å². The number of halogens is 2. The van der Waals surface area contributed by atoms with Crippen molar-refractivity contribution in [3.63, 3.8) is 0 Å². The van der Waals surface area contributed by atoms with Crippen LogP contribution in [0, 0.1) is 0 Å². The van der Waals surface area contributed by atoms with E-state index in [1.54, 1.807) is 33.2 Å². The number of amides is 3. The van der Waals surface area contributed by atoms with Crippen molar-refractivity contribution in [2.24, 2.45) is 0 Å². The number of ether oxygens (including phenoxy) is 1. The number of likely N-dealkylation sites (tertiary alicyclic amines) is 1. The van der Waals surface area contributed by atoms with E-state index in [9.17, 15) is 19.2 Å². The summed E-state index contributed by atoms with van der Waals surface area (Å²) in [6.45, 7) is 2.97. The second-order valence-corrected chi connectivity index (χ2v) is 11.5. The summed E-state index contributed by atoms with van der Waals surface area (Å²) in [6, 6.07) is 9.70. The zero-order chi connectivity index (χ0) is 29.4. The number of nitrogens with two attached hydrogens (primary N) is 1. The minimum atomic E-state index is -0.567. The third-order valence-corrected chi connectivity index (χ3v) is 7.97. The monoisotopic (exact) mass is 679 g/mol. The van der Waals surface area contributed by atoms with Gasteiger partial charge in [-0.15, -0.1) is 0 Å². The molecule has 10 nitrogen and oxygen atoms in total. The molecular weight excluding hydrogens is 646 g/mol. The van der Waals surface area contributed by atoms with E-state index < -0.39 is 6.04 Å². The zero-order valence-electron chi connectivity index (χ0n) is 22.8. The maximum atomic E-state index is 12.9. The van der Waals surface area contributed by atoms with E-state index in [0.717, 1.165) is 5.56 Å². The number of nitrogen functional groups attached to an aromatic ring is 1. The summed E-state index contributed by atoms with van der Waals surface area (Å²) < 4.78 is 6.56. The molecule has 0 saturated carbocycles. The Bertz CT molecular complexity index is 1230. The molecule has 4 N–H and O–H groups in total. The van der Waals surface area contributed by atoms with E-state index in [2.05, 4.69) is 42.5 Å². The van der Waals surface area contributed by atoms with Crippen LogP contribution in [-0.2, 0) is 20.9 Å². The van der Waals surface area contributed by atoms with Gasteiger partial charge in [-0.25, -0.2) is 4.79 Å². The number of benzene rings is 2. The Balaban J connectivity index is 1.62. The molecule has 1 fully saturated rings. The summed E-state index contributed by atoms with van der Waals surface area (Å²) in [5.74, 6) is -0.776. The van der Waals surface area contributed by atoms with Crippen LogP contribution in [0.1, 0.15) is 48.5 Å². The molecule has 0 radical (unpaired) electrons. The van der Waals surface area contributed by atoms with E-state index in [4.69, 9.17) is 10.5 Å². The lowest BCUT2D eigenvalue weighted by molar-refractivity contribution is -0.152. The van der Waals surface area contributed by atoms with Crippen molar-refractivity contribution in [3.8, 4) is 0 Å². The van der Waals surface area contributed by atoms with Crippen LogP contribution < -0.4 is 16.4 Å². The van der Waals surface area contributed by atoms with Gasteiger partial charge in [0.2, 0.25) is 5.91 Å². The molecule has 1 aliphatic heterocycles. The number of piperidine rings is 1. The topological polar surface area (TPSA) is 134 Å². The van der Waals surface area contributed by atoms with Gasteiger partial charge in [0.1, 0.15) is 6.04 Å². The molecule has 12 heteroatoms. The largest absolute Gasteiger partial charge is 0.465 e. The van der Waals surface area contributed by atoms with E-state index in [-0.39, 0.29) is 49.2 Å². The van der Waals surface area contributed by atoms with E-state index in [0.29, 0.717) is 51.8 Å². The van der Waals surface area contributed by atoms with Crippen molar-refractivity contribution in [3.05, 3.63) is 56.5 Å². The van der Waals surface area contributed by atoms with Crippen molar-refractivity contribution < 1.29 is 23.9 Å². The Labute approximate surface area is 251 Å². The molecule has 2 unspecified atom stereocenters. The highest BCUT2D eigenvalue weighted by molar-refractivity contribution is 9.11. The van der Waals surface area contributed by atoms with Gasteiger partial charge >= 0.3 is 12.0 Å². The number of carbonyl (C=O) groups excluding carboxylic acids is 4. The molecule has 2 aromatic rings. The normalized spacial score (nSPS) is 17.1. The van der Waals surface area contributed by atoms with Crippen molar-refractivity contribution in [1.29, 1.82) is 0 Å². The molecular formula is C28H35Br2N5O5. The average Bonchev–Trinajstić information content (AvgIpc) is 2.91. The minimum Gasteiger partial charge on any atom is -0.465 e. The Morgan fingerprint density at radius 2 is 1.77 bits per heavy atom. The zero-order valence-corrected chi connectivity index (χ0v) is 26.0. The van der Waals surface area contributed by atoms with Crippen LogP contribution in [-0.4, -0.2) is 72.8 Å². The number of para-hydroxylation sites is 1. The third kappa shape index (κ3) is 8.52. The number of Topliss-reactive ketones (excluding diaryl/α,β-unsaturated/α-hetero) is 1. The Hall–Kier alpha value is -2.96. The number of nitrogens with one attached hydrogen (secondary N) is 2. The Kier molecular flexibility index (Phi) is 11.5. The molecule has 216 valence electrons. The number of esters is 1. The van der Waals surface area contributed by atoms with Gasteiger partial charge in [0, 0.05) is 66.3 Å². The summed E-state index contributed by atoms with van der Waals surface area (Å²) in [6.07, 6.45) is 1.08. The van der Waals surface area contributed by atoms with Crippen LogP contribution in [0.2, 0.25) is 0 Å². The second-order valence-electron chi connectivity index (χ2n) is 9.79. The van der Waals surface area contributed by atoms with Crippen LogP contribution in [0.3, 0.4) is 0 Å². The van der Waals surface area contributed by atoms with Crippen LogP contribution >= 0.6 is 31.9 Å². The first-order valence-electron chi connectivity index (χ1n) is 13.0.